The molecule has 6 nitrogen and oxygen atoms in total. The van der Waals surface area contributed by atoms with Crippen LogP contribution in [0.15, 0.2) is 59.5 Å². The minimum atomic E-state index is 0.00502. The van der Waals surface area contributed by atoms with E-state index >= 15 is 0 Å². The number of aromatic nitrogens is 2. The largest absolute Gasteiger partial charge is 0.488 e. The van der Waals surface area contributed by atoms with Gasteiger partial charge in [0.25, 0.3) is 5.56 Å². The molecule has 0 bridgehead atoms. The second-order valence-corrected chi connectivity index (χ2v) is 7.61. The minimum absolute atomic E-state index is 0.00502. The topological polar surface area (TPSA) is 52.5 Å². The molecule has 1 saturated heterocycles. The average Bonchev–Trinajstić information content (AvgIpc) is 2.71. The van der Waals surface area contributed by atoms with Crippen molar-refractivity contribution in [3.8, 4) is 5.75 Å². The first-order valence-electron chi connectivity index (χ1n) is 10.0. The Hall–Kier alpha value is -2.70. The van der Waals surface area contributed by atoms with Crippen LogP contribution in [0.1, 0.15) is 11.3 Å². The van der Waals surface area contributed by atoms with Crippen LogP contribution in [-0.2, 0) is 6.54 Å². The van der Waals surface area contributed by atoms with Crippen molar-refractivity contribution < 1.29 is 14.5 Å². The van der Waals surface area contributed by atoms with Gasteiger partial charge in [-0.05, 0) is 30.7 Å². The fourth-order valence-electron chi connectivity index (χ4n) is 3.82. The Morgan fingerprint density at radius 1 is 1.04 bits per heavy atom. The van der Waals surface area contributed by atoms with Crippen molar-refractivity contribution >= 4 is 5.65 Å². The molecule has 0 unspecified atom stereocenters. The monoisotopic (exact) mass is 380 g/mol. The lowest BCUT2D eigenvalue weighted by molar-refractivity contribution is -1.02. The summed E-state index contributed by atoms with van der Waals surface area (Å²) in [5, 5.41) is 0. The van der Waals surface area contributed by atoms with Gasteiger partial charge in [-0.3, -0.25) is 9.20 Å². The number of quaternary nitrogens is 2. The predicted octanol–water partition coefficient (Wildman–Crippen LogP) is -0.635. The molecule has 146 valence electrons. The van der Waals surface area contributed by atoms with Gasteiger partial charge in [0, 0.05) is 12.3 Å². The molecule has 1 fully saturated rings. The first kappa shape index (κ1) is 18.7. The molecular weight excluding hydrogens is 352 g/mol. The van der Waals surface area contributed by atoms with Crippen LogP contribution >= 0.6 is 0 Å². The van der Waals surface area contributed by atoms with E-state index in [4.69, 9.17) is 4.74 Å². The number of ether oxygens (including phenoxy) is 1. The first-order valence-corrected chi connectivity index (χ1v) is 10.0. The predicted molar refractivity (Wildman–Crippen MR) is 108 cm³/mol. The second kappa shape index (κ2) is 8.54. The van der Waals surface area contributed by atoms with Crippen LogP contribution in [0.5, 0.6) is 5.75 Å². The molecule has 0 aliphatic carbocycles. The summed E-state index contributed by atoms with van der Waals surface area (Å²) in [6, 6.07) is 15.6. The zero-order valence-electron chi connectivity index (χ0n) is 16.4. The number of nitrogens with one attached hydrogen (secondary N) is 2. The highest BCUT2D eigenvalue weighted by molar-refractivity contribution is 5.39. The van der Waals surface area contributed by atoms with Gasteiger partial charge in [0.2, 0.25) is 0 Å². The summed E-state index contributed by atoms with van der Waals surface area (Å²) in [5.41, 5.74) is 2.69. The van der Waals surface area contributed by atoms with E-state index in [2.05, 4.69) is 4.98 Å². The summed E-state index contributed by atoms with van der Waals surface area (Å²) in [4.78, 5) is 20.1. The number of benzene rings is 1. The van der Waals surface area contributed by atoms with E-state index in [9.17, 15) is 4.79 Å². The Kier molecular flexibility index (Phi) is 5.69. The molecule has 3 heterocycles. The molecule has 0 amide bonds. The van der Waals surface area contributed by atoms with E-state index in [1.807, 2.05) is 55.6 Å². The van der Waals surface area contributed by atoms with Crippen LogP contribution in [-0.4, -0.2) is 48.7 Å². The first-order chi connectivity index (χ1) is 13.7. The fourth-order valence-corrected chi connectivity index (χ4v) is 3.82. The number of pyridine rings is 1. The summed E-state index contributed by atoms with van der Waals surface area (Å²) in [5.74, 6) is 0.940. The molecule has 0 spiro atoms. The third-order valence-corrected chi connectivity index (χ3v) is 5.42. The van der Waals surface area contributed by atoms with Gasteiger partial charge in [-0.25, -0.2) is 4.98 Å². The smallest absolute Gasteiger partial charge is 0.258 e. The van der Waals surface area contributed by atoms with E-state index in [-0.39, 0.29) is 5.56 Å². The van der Waals surface area contributed by atoms with Gasteiger partial charge in [-0.1, -0.05) is 24.3 Å². The van der Waals surface area contributed by atoms with Gasteiger partial charge in [-0.2, -0.15) is 0 Å². The summed E-state index contributed by atoms with van der Waals surface area (Å²) >= 11 is 0. The molecule has 3 aromatic rings. The number of nitrogens with zero attached hydrogens (tertiary/aromatic N) is 2. The molecule has 2 aromatic heterocycles. The van der Waals surface area contributed by atoms with Crippen LogP contribution in [0.4, 0.5) is 0 Å². The van der Waals surface area contributed by atoms with Crippen LogP contribution < -0.4 is 20.1 Å². The normalized spacial score (nSPS) is 19.6. The zero-order valence-corrected chi connectivity index (χ0v) is 16.4. The third kappa shape index (κ3) is 4.58. The number of aryl methyl sites for hydroxylation is 1. The van der Waals surface area contributed by atoms with Gasteiger partial charge < -0.3 is 14.5 Å². The summed E-state index contributed by atoms with van der Waals surface area (Å²) in [7, 11) is 0. The highest BCUT2D eigenvalue weighted by Crippen LogP contribution is 2.07. The summed E-state index contributed by atoms with van der Waals surface area (Å²) < 4.78 is 7.45. The lowest BCUT2D eigenvalue weighted by atomic mass is 10.2. The van der Waals surface area contributed by atoms with Crippen molar-refractivity contribution in [1.82, 2.24) is 9.38 Å². The molecule has 1 aromatic carbocycles. The Morgan fingerprint density at radius 2 is 1.79 bits per heavy atom. The highest BCUT2D eigenvalue weighted by atomic mass is 16.5. The number of para-hydroxylation sites is 1. The lowest BCUT2D eigenvalue weighted by Gasteiger charge is -2.29. The van der Waals surface area contributed by atoms with E-state index in [0.29, 0.717) is 0 Å². The molecule has 28 heavy (non-hydrogen) atoms. The lowest BCUT2D eigenvalue weighted by Crippen LogP contribution is -3.27. The summed E-state index contributed by atoms with van der Waals surface area (Å²) in [6.07, 6.45) is 1.85. The molecular formula is C22H28N4O2+2. The maximum absolute atomic E-state index is 12.4. The standard InChI is InChI=1S/C22H26N4O2/c1-18-7-8-21-23-19(15-22(27)26(21)16-18)17-25-11-9-24(10-12-25)13-14-28-20-5-3-2-4-6-20/h2-8,15-16H,9-14,17H2,1H3/p+2. The van der Waals surface area contributed by atoms with Gasteiger partial charge in [0.15, 0.2) is 0 Å². The number of piperazine rings is 1. The van der Waals surface area contributed by atoms with Crippen molar-refractivity contribution in [1.29, 1.82) is 0 Å². The fraction of sp³-hybridized carbons (Fsp3) is 0.364. The molecule has 2 N–H and O–H groups in total. The Bertz CT molecular complexity index is 979. The van der Waals surface area contributed by atoms with Crippen molar-refractivity contribution in [2.45, 2.75) is 13.5 Å². The van der Waals surface area contributed by atoms with Gasteiger partial charge in [0.1, 0.15) is 63.0 Å². The maximum Gasteiger partial charge on any atom is 0.258 e. The average molecular weight is 380 g/mol. The van der Waals surface area contributed by atoms with E-state index < -0.39 is 0 Å². The van der Waals surface area contributed by atoms with Crippen LogP contribution in [0.2, 0.25) is 0 Å². The van der Waals surface area contributed by atoms with Gasteiger partial charge >= 0.3 is 0 Å². The number of fused-ring (bicyclic) bond motifs is 1. The number of hydrogen-bond donors (Lipinski definition) is 2. The zero-order chi connectivity index (χ0) is 19.3. The second-order valence-electron chi connectivity index (χ2n) is 7.61. The molecule has 1 aliphatic heterocycles. The van der Waals surface area contributed by atoms with Gasteiger partial charge in [-0.15, -0.1) is 0 Å². The van der Waals surface area contributed by atoms with Crippen LogP contribution in [0, 0.1) is 6.92 Å². The Morgan fingerprint density at radius 3 is 2.57 bits per heavy atom. The number of rotatable bonds is 6. The minimum Gasteiger partial charge on any atom is -0.488 e. The maximum atomic E-state index is 12.4. The quantitative estimate of drug-likeness (QED) is 0.599. The van der Waals surface area contributed by atoms with Crippen LogP contribution in [0.3, 0.4) is 0 Å². The van der Waals surface area contributed by atoms with Crippen molar-refractivity contribution in [2.24, 2.45) is 0 Å². The molecule has 4 rings (SSSR count). The number of hydrogen-bond acceptors (Lipinski definition) is 3. The molecule has 0 saturated carbocycles. The van der Waals surface area contributed by atoms with Crippen molar-refractivity contribution in [2.75, 3.05) is 39.3 Å². The Labute approximate surface area is 165 Å². The van der Waals surface area contributed by atoms with E-state index in [0.717, 1.165) is 68.5 Å². The van der Waals surface area contributed by atoms with Crippen molar-refractivity contribution in [3.05, 3.63) is 76.3 Å². The molecule has 0 radical (unpaired) electrons. The SMILES string of the molecule is Cc1ccc2nc(C[NH+]3CC[NH+](CCOc4ccccc4)CC3)cc(=O)n2c1. The third-order valence-electron chi connectivity index (χ3n) is 5.42. The molecule has 1 aliphatic rings. The van der Waals surface area contributed by atoms with Crippen molar-refractivity contribution in [3.63, 3.8) is 0 Å². The van der Waals surface area contributed by atoms with E-state index in [1.165, 1.54) is 4.90 Å². The molecule has 0 atom stereocenters. The highest BCUT2D eigenvalue weighted by Gasteiger charge is 2.23. The molecule has 6 heteroatoms. The van der Waals surface area contributed by atoms with Gasteiger partial charge in [0.05, 0.1) is 0 Å². The van der Waals surface area contributed by atoms with Crippen LogP contribution in [0.25, 0.3) is 5.65 Å². The Balaban J connectivity index is 1.28. The summed E-state index contributed by atoms with van der Waals surface area (Å²) in [6.45, 7) is 9.00. The van der Waals surface area contributed by atoms with E-state index in [1.54, 1.807) is 15.4 Å².